The molecule has 0 radical (unpaired) electrons. The molecule has 102 valence electrons. The van der Waals surface area contributed by atoms with Gasteiger partial charge in [-0.2, -0.15) is 13.2 Å². The van der Waals surface area contributed by atoms with Crippen LogP contribution in [0.4, 0.5) is 18.9 Å². The molecule has 1 aromatic carbocycles. The summed E-state index contributed by atoms with van der Waals surface area (Å²) in [4.78, 5) is 3.74. The summed E-state index contributed by atoms with van der Waals surface area (Å²) in [5.74, 6) is 0. The molecular weight excluding hydrogens is 368 g/mol. The van der Waals surface area contributed by atoms with Crippen molar-refractivity contribution in [2.45, 2.75) is 19.5 Å². The first kappa shape index (κ1) is 14.4. The van der Waals surface area contributed by atoms with Crippen molar-refractivity contribution in [3.8, 4) is 0 Å². The number of pyridine rings is 1. The van der Waals surface area contributed by atoms with Crippen LogP contribution in [0.25, 0.3) is 10.9 Å². The third-order valence-corrected chi connectivity index (χ3v) is 3.52. The number of benzene rings is 1. The monoisotopic (exact) mass is 380 g/mol. The normalized spacial score (nSPS) is 11.8. The average molecular weight is 380 g/mol. The topological polar surface area (TPSA) is 24.9 Å². The number of anilines is 1. The van der Waals surface area contributed by atoms with E-state index in [4.69, 9.17) is 0 Å². The Morgan fingerprint density at radius 3 is 2.68 bits per heavy atom. The molecule has 1 heterocycles. The number of rotatable bonds is 3. The molecule has 19 heavy (non-hydrogen) atoms. The van der Waals surface area contributed by atoms with E-state index in [0.29, 0.717) is 26.7 Å². The van der Waals surface area contributed by atoms with Crippen LogP contribution < -0.4 is 5.32 Å². The lowest BCUT2D eigenvalue weighted by atomic mass is 10.1. The van der Waals surface area contributed by atoms with E-state index in [-0.39, 0.29) is 0 Å². The second-order valence-corrected chi connectivity index (χ2v) is 5.28. The van der Waals surface area contributed by atoms with Gasteiger partial charge in [-0.1, -0.05) is 19.1 Å². The number of hydrogen-bond donors (Lipinski definition) is 1. The molecule has 0 aliphatic rings. The number of halogens is 4. The van der Waals surface area contributed by atoms with Gasteiger partial charge in [-0.25, -0.2) is 4.98 Å². The smallest absolute Gasteiger partial charge is 0.384 e. The summed E-state index contributed by atoms with van der Waals surface area (Å²) in [6.07, 6.45) is -3.59. The number of hydrogen-bond acceptors (Lipinski definition) is 2. The number of aromatic nitrogens is 1. The minimum atomic E-state index is -4.43. The molecular formula is C13H12F3IN2. The first-order valence-electron chi connectivity index (χ1n) is 5.84. The van der Waals surface area contributed by atoms with E-state index < -0.39 is 11.9 Å². The number of alkyl halides is 3. The molecule has 0 atom stereocenters. The van der Waals surface area contributed by atoms with Gasteiger partial charge in [0.2, 0.25) is 0 Å². The Hall–Kier alpha value is -1.05. The molecule has 0 aliphatic carbocycles. The predicted octanol–water partition coefficient (Wildman–Crippen LogP) is 4.68. The summed E-state index contributed by atoms with van der Waals surface area (Å²) in [7, 11) is 0. The van der Waals surface area contributed by atoms with E-state index in [1.54, 1.807) is 12.1 Å². The van der Waals surface area contributed by atoms with Crippen molar-refractivity contribution < 1.29 is 13.2 Å². The van der Waals surface area contributed by atoms with Crippen molar-refractivity contribution >= 4 is 39.2 Å². The third kappa shape index (κ3) is 3.10. The van der Waals surface area contributed by atoms with Crippen LogP contribution in [0.1, 0.15) is 19.0 Å². The Morgan fingerprint density at radius 2 is 2.05 bits per heavy atom. The lowest BCUT2D eigenvalue weighted by Gasteiger charge is -2.13. The van der Waals surface area contributed by atoms with Crippen molar-refractivity contribution in [2.75, 3.05) is 11.9 Å². The van der Waals surface area contributed by atoms with E-state index >= 15 is 0 Å². The summed E-state index contributed by atoms with van der Waals surface area (Å²) in [6, 6.07) is 6.42. The van der Waals surface area contributed by atoms with E-state index in [1.165, 1.54) is 0 Å². The van der Waals surface area contributed by atoms with Crippen molar-refractivity contribution in [3.63, 3.8) is 0 Å². The molecule has 0 amide bonds. The zero-order valence-electron chi connectivity index (χ0n) is 10.2. The van der Waals surface area contributed by atoms with Gasteiger partial charge in [0.05, 0.1) is 5.52 Å². The van der Waals surface area contributed by atoms with Crippen LogP contribution in [-0.2, 0) is 6.18 Å². The summed E-state index contributed by atoms with van der Waals surface area (Å²) in [5, 5.41) is 3.75. The van der Waals surface area contributed by atoms with Gasteiger partial charge >= 0.3 is 6.18 Å². The standard InChI is InChI=1S/C13H12F3IN2/c1-2-6-18-10-7-11(13(14,15)16)19-12-8(10)4-3-5-9(12)17/h3-5,7H,2,6H2,1H3,(H,18,19). The Bertz CT molecular complexity index is 596. The minimum absolute atomic E-state index is 0.386. The molecule has 0 fully saturated rings. The SMILES string of the molecule is CCCNc1cc(C(F)(F)F)nc2c(I)cccc12. The number of nitrogens with zero attached hydrogens (tertiary/aromatic N) is 1. The van der Waals surface area contributed by atoms with Crippen molar-refractivity contribution in [1.82, 2.24) is 4.98 Å². The molecule has 0 saturated heterocycles. The zero-order valence-corrected chi connectivity index (χ0v) is 12.3. The highest BCUT2D eigenvalue weighted by molar-refractivity contribution is 14.1. The van der Waals surface area contributed by atoms with Crippen molar-refractivity contribution in [2.24, 2.45) is 0 Å². The molecule has 0 saturated carbocycles. The van der Waals surface area contributed by atoms with Gasteiger partial charge in [-0.15, -0.1) is 0 Å². The zero-order chi connectivity index (χ0) is 14.0. The van der Waals surface area contributed by atoms with Gasteiger partial charge in [-0.3, -0.25) is 0 Å². The Labute approximate surface area is 122 Å². The molecule has 1 N–H and O–H groups in total. The molecule has 0 bridgehead atoms. The summed E-state index contributed by atoms with van der Waals surface area (Å²) in [6.45, 7) is 2.59. The van der Waals surface area contributed by atoms with Crippen LogP contribution in [0, 0.1) is 3.57 Å². The van der Waals surface area contributed by atoms with Gasteiger partial charge in [0, 0.05) is 21.2 Å². The van der Waals surface area contributed by atoms with E-state index in [0.717, 1.165) is 12.5 Å². The lowest BCUT2D eigenvalue weighted by molar-refractivity contribution is -0.140. The fourth-order valence-electron chi connectivity index (χ4n) is 1.76. The first-order valence-corrected chi connectivity index (χ1v) is 6.91. The van der Waals surface area contributed by atoms with Crippen LogP contribution in [0.5, 0.6) is 0 Å². The minimum Gasteiger partial charge on any atom is -0.384 e. The summed E-state index contributed by atoms with van der Waals surface area (Å²) in [5.41, 5.74) is 0.0111. The maximum Gasteiger partial charge on any atom is 0.433 e. The first-order chi connectivity index (χ1) is 8.93. The highest BCUT2D eigenvalue weighted by atomic mass is 127. The Kier molecular flexibility index (Phi) is 4.17. The van der Waals surface area contributed by atoms with Crippen LogP contribution in [-0.4, -0.2) is 11.5 Å². The molecule has 2 rings (SSSR count). The molecule has 2 aromatic rings. The molecule has 6 heteroatoms. The number of nitrogens with one attached hydrogen (secondary N) is 1. The lowest BCUT2D eigenvalue weighted by Crippen LogP contribution is -2.10. The maximum atomic E-state index is 12.9. The van der Waals surface area contributed by atoms with Gasteiger partial charge in [0.25, 0.3) is 0 Å². The number of para-hydroxylation sites is 1. The molecule has 0 spiro atoms. The van der Waals surface area contributed by atoms with Gasteiger partial charge in [0.15, 0.2) is 0 Å². The highest BCUT2D eigenvalue weighted by Gasteiger charge is 2.33. The second-order valence-electron chi connectivity index (χ2n) is 4.12. The average Bonchev–Trinajstić information content (AvgIpc) is 2.35. The van der Waals surface area contributed by atoms with E-state index in [1.807, 2.05) is 35.6 Å². The summed E-state index contributed by atoms with van der Waals surface area (Å²) < 4.78 is 39.3. The van der Waals surface area contributed by atoms with Crippen LogP contribution in [0.2, 0.25) is 0 Å². The largest absolute Gasteiger partial charge is 0.433 e. The fourth-order valence-corrected chi connectivity index (χ4v) is 2.38. The summed E-state index contributed by atoms with van der Waals surface area (Å²) >= 11 is 2.00. The van der Waals surface area contributed by atoms with Crippen LogP contribution in [0.15, 0.2) is 24.3 Å². The van der Waals surface area contributed by atoms with Crippen molar-refractivity contribution in [3.05, 3.63) is 33.5 Å². The maximum absolute atomic E-state index is 12.9. The molecule has 0 unspecified atom stereocenters. The predicted molar refractivity (Wildman–Crippen MR) is 78.2 cm³/mol. The van der Waals surface area contributed by atoms with Gasteiger partial charge in [0.1, 0.15) is 5.69 Å². The second kappa shape index (κ2) is 5.52. The Morgan fingerprint density at radius 1 is 1.32 bits per heavy atom. The highest BCUT2D eigenvalue weighted by Crippen LogP contribution is 2.34. The third-order valence-electron chi connectivity index (χ3n) is 2.65. The van der Waals surface area contributed by atoms with E-state index in [9.17, 15) is 13.2 Å². The number of fused-ring (bicyclic) bond motifs is 1. The molecule has 1 aromatic heterocycles. The van der Waals surface area contributed by atoms with Crippen LogP contribution in [0.3, 0.4) is 0 Å². The molecule has 2 nitrogen and oxygen atoms in total. The van der Waals surface area contributed by atoms with E-state index in [2.05, 4.69) is 10.3 Å². The fraction of sp³-hybridized carbons (Fsp3) is 0.308. The van der Waals surface area contributed by atoms with Gasteiger partial charge in [-0.05, 0) is 41.1 Å². The molecule has 0 aliphatic heterocycles. The van der Waals surface area contributed by atoms with Crippen LogP contribution >= 0.6 is 22.6 Å². The Balaban J connectivity index is 2.66. The quantitative estimate of drug-likeness (QED) is 0.783. The van der Waals surface area contributed by atoms with Gasteiger partial charge < -0.3 is 5.32 Å². The van der Waals surface area contributed by atoms with Crippen molar-refractivity contribution in [1.29, 1.82) is 0 Å².